The van der Waals surface area contributed by atoms with Gasteiger partial charge >= 0.3 is 0 Å². The minimum Gasteiger partial charge on any atom is -0.391 e. The molecule has 2 saturated heterocycles. The first kappa shape index (κ1) is 92.9. The number of hydrogen-bond acceptors (Lipinski definition) is 15. The second-order valence-corrected chi connectivity index (χ2v) is 32.9. The normalized spacial score (nSPS) is 23.0. The van der Waals surface area contributed by atoms with Crippen molar-refractivity contribution in [1.82, 2.24) is 55.6 Å². The molecule has 2 aliphatic rings. The summed E-state index contributed by atoms with van der Waals surface area (Å²) in [6.45, 7) is 19.0. The van der Waals surface area contributed by atoms with Crippen LogP contribution >= 0.6 is 0 Å². The highest BCUT2D eigenvalue weighted by atomic mass is 16.3. The number of piperidine rings is 1. The number of likely N-dealkylation sites (N-methyl/N-ethyl adjacent to an activating group) is 6. The van der Waals surface area contributed by atoms with Gasteiger partial charge in [-0.15, -0.1) is 0 Å². The summed E-state index contributed by atoms with van der Waals surface area (Å²) in [7, 11) is 8.34. The van der Waals surface area contributed by atoms with Gasteiger partial charge in [0, 0.05) is 112 Å². The zero-order chi connectivity index (χ0) is 84.5. The van der Waals surface area contributed by atoms with E-state index in [0.29, 0.717) is 35.3 Å². The molecule has 2 fully saturated rings. The van der Waals surface area contributed by atoms with Gasteiger partial charge < -0.3 is 60.7 Å². The van der Waals surface area contributed by atoms with Crippen molar-refractivity contribution in [3.05, 3.63) is 144 Å². The molecule has 4 aromatic carbocycles. The third-order valence-electron chi connectivity index (χ3n) is 22.1. The molecular weight excluding hydrogens is 1450 g/mol. The predicted octanol–water partition coefficient (Wildman–Crippen LogP) is 6.46. The molecule has 13 atom stereocenters. The standard InChI is InChI=1S/C88H125N11O15/c1-54(2)43-69-82(108)92-77(60(11)100)88(114)96(15)70(49-63-37-27-20-28-38-63)81(107)89-53-75(104)93(12)71(44-55(3)4)86(112)98(17)78(57(7)8)74(103)51-65(47-61-33-23-18-24-34-61)80(106)90-67(52-66(101)45-58(9)79(105)91-76(56(5)6)87(113)95(69)14)84(110)97(16)72(50-64-39-29-21-30-40-64)85(111)94(13)68(48-62-35-25-19-26-36-62)73(102)46-59(10)83(109)99-41-31-22-32-42-99/h18-21,23-30,33-40,54-60,65,67-72,76-78,100H,22,31-32,41-53H2,1-17H3,(H,89,107)(H,90,106)(H,91,105)(H,92,108)/t58-,59-,60-,65-,67+,68+,69+,70+,71+,72+,76+,77+,78+/m1/s1. The smallest absolute Gasteiger partial charge is 0.248 e. The number of amides is 11. The van der Waals surface area contributed by atoms with E-state index in [1.807, 2.05) is 45.9 Å². The Morgan fingerprint density at radius 2 is 0.974 bits per heavy atom. The predicted molar refractivity (Wildman–Crippen MR) is 435 cm³/mol. The number of aliphatic hydroxyl groups is 1. The molecule has 622 valence electrons. The molecular formula is C88H125N11O15. The summed E-state index contributed by atoms with van der Waals surface area (Å²) < 4.78 is 0. The number of hydrogen-bond donors (Lipinski definition) is 5. The average Bonchev–Trinajstić information content (AvgIpc) is 0.819. The highest BCUT2D eigenvalue weighted by molar-refractivity contribution is 6.01. The topological polar surface area (TPSA) is 330 Å². The number of likely N-dealkylation sites (tertiary alicyclic amines) is 1. The van der Waals surface area contributed by atoms with Gasteiger partial charge in [-0.05, 0) is 97.8 Å². The van der Waals surface area contributed by atoms with E-state index in [-0.39, 0.29) is 62.7 Å². The Kier molecular flexibility index (Phi) is 35.9. The van der Waals surface area contributed by atoms with Crippen molar-refractivity contribution in [3.63, 3.8) is 0 Å². The molecule has 26 nitrogen and oxygen atoms in total. The van der Waals surface area contributed by atoms with Gasteiger partial charge in [0.25, 0.3) is 0 Å². The van der Waals surface area contributed by atoms with Gasteiger partial charge in [-0.1, -0.05) is 191 Å². The van der Waals surface area contributed by atoms with E-state index >= 15 is 28.8 Å². The number of aliphatic hydroxyl groups excluding tert-OH is 1. The van der Waals surface area contributed by atoms with Crippen LogP contribution in [-0.4, -0.2) is 244 Å². The second kappa shape index (κ2) is 44.0. The summed E-state index contributed by atoms with van der Waals surface area (Å²) in [6.07, 6.45) is -1.17. The lowest BCUT2D eigenvalue weighted by Crippen LogP contribution is -2.62. The number of carbonyl (C=O) groups excluding carboxylic acids is 14. The van der Waals surface area contributed by atoms with Crippen LogP contribution in [0.5, 0.6) is 0 Å². The summed E-state index contributed by atoms with van der Waals surface area (Å²) in [5.74, 6) is -14.8. The van der Waals surface area contributed by atoms with Crippen molar-refractivity contribution in [2.75, 3.05) is 61.9 Å². The molecule has 0 bridgehead atoms. The van der Waals surface area contributed by atoms with Crippen LogP contribution in [0.3, 0.4) is 0 Å². The minimum absolute atomic E-state index is 0.0246. The molecule has 6 rings (SSSR count). The Morgan fingerprint density at radius 1 is 0.491 bits per heavy atom. The monoisotopic (exact) mass is 1580 g/mol. The van der Waals surface area contributed by atoms with E-state index in [2.05, 4.69) is 21.3 Å². The zero-order valence-electron chi connectivity index (χ0n) is 70.0. The fourth-order valence-corrected chi connectivity index (χ4v) is 15.2. The number of ketones is 3. The molecule has 0 aromatic heterocycles. The maximum Gasteiger partial charge on any atom is 0.248 e. The van der Waals surface area contributed by atoms with Crippen LogP contribution in [-0.2, 0) is 92.8 Å². The van der Waals surface area contributed by atoms with Gasteiger partial charge in [-0.3, -0.25) is 67.1 Å². The molecule has 0 radical (unpaired) electrons. The van der Waals surface area contributed by atoms with E-state index < -0.39 is 192 Å². The van der Waals surface area contributed by atoms with E-state index in [0.717, 1.165) is 34.0 Å². The molecule has 26 heteroatoms. The maximum absolute atomic E-state index is 16.0. The summed E-state index contributed by atoms with van der Waals surface area (Å²) in [5, 5.41) is 22.3. The van der Waals surface area contributed by atoms with E-state index in [9.17, 15) is 43.5 Å². The fourth-order valence-electron chi connectivity index (χ4n) is 15.2. The van der Waals surface area contributed by atoms with Gasteiger partial charge in [0.05, 0.1) is 24.7 Å². The lowest BCUT2D eigenvalue weighted by Gasteiger charge is -2.37. The third kappa shape index (κ3) is 26.3. The minimum atomic E-state index is -1.82. The van der Waals surface area contributed by atoms with Crippen molar-refractivity contribution in [2.24, 2.45) is 41.4 Å². The second-order valence-electron chi connectivity index (χ2n) is 32.9. The summed E-state index contributed by atoms with van der Waals surface area (Å²) in [5.41, 5.74) is 2.52. The quantitative estimate of drug-likeness (QED) is 0.0532. The largest absolute Gasteiger partial charge is 0.391 e. The van der Waals surface area contributed by atoms with E-state index in [4.69, 9.17) is 0 Å². The van der Waals surface area contributed by atoms with Crippen molar-refractivity contribution in [3.8, 4) is 0 Å². The van der Waals surface area contributed by atoms with Crippen LogP contribution in [0.2, 0.25) is 0 Å². The number of nitrogens with one attached hydrogen (secondary N) is 4. The molecule has 0 saturated carbocycles. The average molecular weight is 1580 g/mol. The van der Waals surface area contributed by atoms with Crippen LogP contribution < -0.4 is 21.3 Å². The highest BCUT2D eigenvalue weighted by Crippen LogP contribution is 2.27. The molecule has 2 heterocycles. The Labute approximate surface area is 674 Å². The van der Waals surface area contributed by atoms with Gasteiger partial charge in [0.2, 0.25) is 65.0 Å². The van der Waals surface area contributed by atoms with Crippen molar-refractivity contribution in [2.45, 2.75) is 220 Å². The lowest BCUT2D eigenvalue weighted by molar-refractivity contribution is -0.150. The van der Waals surface area contributed by atoms with E-state index in [1.54, 1.807) is 143 Å². The number of rotatable bonds is 23. The molecule has 2 aliphatic heterocycles. The van der Waals surface area contributed by atoms with Crippen LogP contribution in [0.25, 0.3) is 0 Å². The lowest BCUT2D eigenvalue weighted by atomic mass is 9.87. The van der Waals surface area contributed by atoms with Gasteiger partial charge in [-0.25, -0.2) is 0 Å². The molecule has 4 aromatic rings. The first-order chi connectivity index (χ1) is 53.8. The van der Waals surface area contributed by atoms with Crippen LogP contribution in [0, 0.1) is 41.4 Å². The SMILES string of the molecule is CC(C)C[C@H]1C(=O)N(C)[C@@H](C(C)C)C(=O)C[C@@H](Cc2ccccc2)C(=O)N[C@H](C(=O)N(C)[C@@H](Cc2ccccc2)C(=O)N(C)[C@@H](Cc2ccccc2)C(=O)C[C@@H](C)C(=O)N2CCCCC2)CC(=O)C[C@@H](C)C(=O)N[C@@H](C(C)C)C(=O)N(C)[C@@H](CC(C)C)C(=O)N[C@@H]([C@@H](C)O)C(=O)N(C)[C@@H](Cc2ccccc2)C(=O)NCC(=O)N1C. The van der Waals surface area contributed by atoms with Crippen molar-refractivity contribution in [1.29, 1.82) is 0 Å². The van der Waals surface area contributed by atoms with Gasteiger partial charge in [-0.2, -0.15) is 0 Å². The Bertz CT molecular complexity index is 3930. The summed E-state index contributed by atoms with van der Waals surface area (Å²) >= 11 is 0. The number of Topliss-reactive ketones (excluding diaryl/α,β-unsaturated/α-hetero) is 3. The van der Waals surface area contributed by atoms with Crippen LogP contribution in [0.1, 0.15) is 156 Å². The molecule has 114 heavy (non-hydrogen) atoms. The van der Waals surface area contributed by atoms with E-state index in [1.165, 1.54) is 70.8 Å². The number of carbonyl (C=O) groups is 14. The zero-order valence-corrected chi connectivity index (χ0v) is 70.0. The Hall–Kier alpha value is -9.98. The van der Waals surface area contributed by atoms with Crippen molar-refractivity contribution < 1.29 is 72.2 Å². The van der Waals surface area contributed by atoms with Gasteiger partial charge in [0.1, 0.15) is 48.1 Å². The van der Waals surface area contributed by atoms with Crippen LogP contribution in [0.4, 0.5) is 0 Å². The molecule has 5 N–H and O–H groups in total. The summed E-state index contributed by atoms with van der Waals surface area (Å²) in [6, 6.07) is 22.7. The third-order valence-corrected chi connectivity index (χ3v) is 22.1. The Morgan fingerprint density at radius 3 is 1.48 bits per heavy atom. The maximum atomic E-state index is 16.0. The highest BCUT2D eigenvalue weighted by Gasteiger charge is 2.45. The first-order valence-electron chi connectivity index (χ1n) is 40.3. The summed E-state index contributed by atoms with van der Waals surface area (Å²) in [4.78, 5) is 220. The number of benzene rings is 4. The Balaban J connectivity index is 1.49. The molecule has 0 unspecified atom stereocenters. The van der Waals surface area contributed by atoms with Gasteiger partial charge in [0.15, 0.2) is 11.6 Å². The fraction of sp³-hybridized carbons (Fsp3) is 0.568. The van der Waals surface area contributed by atoms with Crippen LogP contribution in [0.15, 0.2) is 121 Å². The molecule has 11 amide bonds. The molecule has 0 aliphatic carbocycles. The first-order valence-corrected chi connectivity index (χ1v) is 40.3. The number of nitrogens with zero attached hydrogens (tertiary/aromatic N) is 7. The molecule has 0 spiro atoms. The van der Waals surface area contributed by atoms with Crippen molar-refractivity contribution >= 4 is 82.3 Å².